The number of amides is 2. The number of rotatable bonds is 3. The van der Waals surface area contributed by atoms with Gasteiger partial charge in [-0.2, -0.15) is 11.8 Å². The molecule has 0 bridgehead atoms. The van der Waals surface area contributed by atoms with E-state index in [-0.39, 0.29) is 21.8 Å². The number of hydrogen-bond donors (Lipinski definition) is 1. The highest BCUT2D eigenvalue weighted by molar-refractivity contribution is 7.99. The Hall–Kier alpha value is -1.76. The molecule has 136 valence electrons. The first-order valence-electron chi connectivity index (χ1n) is 8.07. The molecule has 0 aliphatic carbocycles. The van der Waals surface area contributed by atoms with Gasteiger partial charge in [0.2, 0.25) is 0 Å². The van der Waals surface area contributed by atoms with Crippen molar-refractivity contribution >= 4 is 52.5 Å². The maximum absolute atomic E-state index is 12.6. The Balaban J connectivity index is 1.76. The number of thioether (sulfide) groups is 1. The zero-order chi connectivity index (χ0) is 18.7. The number of nitrogens with one attached hydrogen (secondary N) is 1. The van der Waals surface area contributed by atoms with E-state index < -0.39 is 5.91 Å². The lowest BCUT2D eigenvalue weighted by Gasteiger charge is -2.26. The van der Waals surface area contributed by atoms with Crippen LogP contribution in [0.3, 0.4) is 0 Å². The first-order chi connectivity index (χ1) is 12.5. The zero-order valence-electron chi connectivity index (χ0n) is 14.1. The number of nitrogens with zero attached hydrogens (tertiary/aromatic N) is 2. The van der Waals surface area contributed by atoms with Gasteiger partial charge in [-0.3, -0.25) is 9.59 Å². The number of benzene rings is 1. The molecule has 1 N–H and O–H groups in total. The fourth-order valence-electron chi connectivity index (χ4n) is 2.65. The second kappa shape index (κ2) is 8.29. The molecule has 0 spiro atoms. The van der Waals surface area contributed by atoms with Crippen LogP contribution in [0.15, 0.2) is 30.3 Å². The molecule has 8 heteroatoms. The fraction of sp³-hybridized carbons (Fsp3) is 0.278. The smallest absolute Gasteiger partial charge is 0.275 e. The quantitative estimate of drug-likeness (QED) is 0.773. The average Bonchev–Trinajstić information content (AvgIpc) is 2.65. The van der Waals surface area contributed by atoms with Crippen molar-refractivity contribution < 1.29 is 9.59 Å². The Kier molecular flexibility index (Phi) is 6.06. The summed E-state index contributed by atoms with van der Waals surface area (Å²) < 4.78 is 0. The highest BCUT2D eigenvalue weighted by atomic mass is 35.5. The summed E-state index contributed by atoms with van der Waals surface area (Å²) in [6.45, 7) is 3.37. The first kappa shape index (κ1) is 19.0. The number of carbonyl (C=O) groups excluding carboxylic acids is 2. The maximum Gasteiger partial charge on any atom is 0.275 e. The van der Waals surface area contributed by atoms with Crippen molar-refractivity contribution in [2.75, 3.05) is 29.9 Å². The Morgan fingerprint density at radius 2 is 1.88 bits per heavy atom. The number of hydrogen-bond acceptors (Lipinski definition) is 4. The van der Waals surface area contributed by atoms with E-state index in [9.17, 15) is 9.59 Å². The van der Waals surface area contributed by atoms with Crippen molar-refractivity contribution in [1.29, 1.82) is 0 Å². The summed E-state index contributed by atoms with van der Waals surface area (Å²) >= 11 is 13.7. The van der Waals surface area contributed by atoms with Gasteiger partial charge in [0, 0.05) is 35.8 Å². The number of aromatic nitrogens is 1. The predicted molar refractivity (Wildman–Crippen MR) is 107 cm³/mol. The third-order valence-corrected chi connectivity index (χ3v) is 5.50. The molecule has 0 radical (unpaired) electrons. The lowest BCUT2D eigenvalue weighted by atomic mass is 10.1. The van der Waals surface area contributed by atoms with E-state index in [1.165, 1.54) is 12.1 Å². The molecule has 0 unspecified atom stereocenters. The molecule has 1 aliphatic rings. The normalized spacial score (nSPS) is 14.2. The van der Waals surface area contributed by atoms with Crippen molar-refractivity contribution in [2.24, 2.45) is 0 Å². The van der Waals surface area contributed by atoms with Gasteiger partial charge in [0.25, 0.3) is 11.8 Å². The van der Waals surface area contributed by atoms with Gasteiger partial charge in [-0.15, -0.1) is 0 Å². The molecule has 1 aromatic heterocycles. The largest absolute Gasteiger partial charge is 0.337 e. The number of halogens is 2. The Bertz CT molecular complexity index is 854. The summed E-state index contributed by atoms with van der Waals surface area (Å²) in [4.78, 5) is 30.8. The van der Waals surface area contributed by atoms with Gasteiger partial charge in [-0.25, -0.2) is 4.98 Å². The minimum atomic E-state index is -0.451. The molecule has 3 rings (SSSR count). The van der Waals surface area contributed by atoms with Crippen LogP contribution in [-0.4, -0.2) is 46.3 Å². The van der Waals surface area contributed by atoms with Gasteiger partial charge < -0.3 is 10.2 Å². The van der Waals surface area contributed by atoms with Gasteiger partial charge in [0.15, 0.2) is 0 Å². The van der Waals surface area contributed by atoms with Gasteiger partial charge in [0.05, 0.1) is 5.02 Å². The number of pyridine rings is 1. The van der Waals surface area contributed by atoms with Crippen LogP contribution in [-0.2, 0) is 0 Å². The van der Waals surface area contributed by atoms with Gasteiger partial charge in [-0.05, 0) is 42.8 Å². The van der Waals surface area contributed by atoms with Crippen molar-refractivity contribution in [3.05, 3.63) is 57.3 Å². The van der Waals surface area contributed by atoms with E-state index in [4.69, 9.17) is 23.2 Å². The van der Waals surface area contributed by atoms with E-state index in [0.29, 0.717) is 11.3 Å². The molecule has 0 saturated carbocycles. The number of anilines is 1. The topological polar surface area (TPSA) is 62.3 Å². The highest BCUT2D eigenvalue weighted by Crippen LogP contribution is 2.22. The summed E-state index contributed by atoms with van der Waals surface area (Å²) in [6, 6.07) is 8.27. The van der Waals surface area contributed by atoms with Crippen molar-refractivity contribution in [3.63, 3.8) is 0 Å². The Morgan fingerprint density at radius 3 is 2.58 bits per heavy atom. The molecule has 1 aromatic carbocycles. The van der Waals surface area contributed by atoms with E-state index >= 15 is 0 Å². The fourth-order valence-corrected chi connectivity index (χ4v) is 3.89. The summed E-state index contributed by atoms with van der Waals surface area (Å²) in [5.74, 6) is 1.50. The minimum absolute atomic E-state index is 0.0193. The number of aryl methyl sites for hydroxylation is 1. The molecule has 1 aliphatic heterocycles. The molecular weight excluding hydrogens is 393 g/mol. The molecule has 2 heterocycles. The third kappa shape index (κ3) is 4.31. The van der Waals surface area contributed by atoms with Gasteiger partial charge >= 0.3 is 0 Å². The molecular formula is C18H17Cl2N3O2S. The van der Waals surface area contributed by atoms with Gasteiger partial charge in [0.1, 0.15) is 10.8 Å². The van der Waals surface area contributed by atoms with E-state index in [2.05, 4.69) is 10.3 Å². The zero-order valence-corrected chi connectivity index (χ0v) is 16.4. The van der Waals surface area contributed by atoms with Crippen LogP contribution in [0, 0.1) is 6.92 Å². The molecule has 2 amide bonds. The van der Waals surface area contributed by atoms with Crippen LogP contribution in [0.5, 0.6) is 0 Å². The maximum atomic E-state index is 12.6. The summed E-state index contributed by atoms with van der Waals surface area (Å²) in [7, 11) is 0. The van der Waals surface area contributed by atoms with Crippen LogP contribution >= 0.6 is 35.0 Å². The monoisotopic (exact) mass is 409 g/mol. The third-order valence-electron chi connectivity index (χ3n) is 4.05. The lowest BCUT2D eigenvalue weighted by molar-refractivity contribution is 0.0772. The minimum Gasteiger partial charge on any atom is -0.337 e. The Labute approximate surface area is 166 Å². The second-order valence-corrected chi connectivity index (χ2v) is 7.87. The summed E-state index contributed by atoms with van der Waals surface area (Å²) in [6.07, 6.45) is 0. The van der Waals surface area contributed by atoms with Crippen LogP contribution < -0.4 is 5.32 Å². The van der Waals surface area contributed by atoms with Crippen molar-refractivity contribution in [3.8, 4) is 0 Å². The van der Waals surface area contributed by atoms with Crippen LogP contribution in [0.4, 0.5) is 5.69 Å². The first-order valence-corrected chi connectivity index (χ1v) is 9.98. The Morgan fingerprint density at radius 1 is 1.15 bits per heavy atom. The molecule has 5 nitrogen and oxygen atoms in total. The molecule has 1 saturated heterocycles. The lowest BCUT2D eigenvalue weighted by Crippen LogP contribution is -2.37. The summed E-state index contributed by atoms with van der Waals surface area (Å²) in [5, 5.41) is 3.18. The van der Waals surface area contributed by atoms with E-state index in [1.807, 2.05) is 23.6 Å². The van der Waals surface area contributed by atoms with Crippen molar-refractivity contribution in [1.82, 2.24) is 9.88 Å². The molecule has 2 aromatic rings. The summed E-state index contributed by atoms with van der Waals surface area (Å²) in [5.41, 5.74) is 2.06. The van der Waals surface area contributed by atoms with E-state index in [1.54, 1.807) is 18.2 Å². The molecule has 1 fully saturated rings. The highest BCUT2D eigenvalue weighted by Gasteiger charge is 2.20. The van der Waals surface area contributed by atoms with Gasteiger partial charge in [-0.1, -0.05) is 23.2 Å². The van der Waals surface area contributed by atoms with Crippen LogP contribution in [0.1, 0.15) is 26.4 Å². The standard InChI is InChI=1S/C18H17Cl2N3O2S/c1-11-10-12(18(25)23-6-8-26-9-7-23)2-4-14(11)21-17(24)16-13(19)3-5-15(20)22-16/h2-5,10H,6-9H2,1H3,(H,21,24). The van der Waals surface area contributed by atoms with E-state index in [0.717, 1.165) is 30.2 Å². The van der Waals surface area contributed by atoms with Crippen LogP contribution in [0.25, 0.3) is 0 Å². The average molecular weight is 410 g/mol. The number of carbonyl (C=O) groups is 2. The SMILES string of the molecule is Cc1cc(C(=O)N2CCSCC2)ccc1NC(=O)c1nc(Cl)ccc1Cl. The van der Waals surface area contributed by atoms with Crippen molar-refractivity contribution in [2.45, 2.75) is 6.92 Å². The predicted octanol–water partition coefficient (Wildman–Crippen LogP) is 4.14. The van der Waals surface area contributed by atoms with Crippen LogP contribution in [0.2, 0.25) is 10.2 Å². The molecule has 26 heavy (non-hydrogen) atoms. The molecule has 0 atom stereocenters. The second-order valence-electron chi connectivity index (χ2n) is 5.85.